The van der Waals surface area contributed by atoms with Gasteiger partial charge in [0.05, 0.1) is 11.4 Å². The van der Waals surface area contributed by atoms with Crippen LogP contribution in [0.2, 0.25) is 0 Å². The standard InChI is InChI=1S/C45H29N3O/c1-4-13-30(14-5-1)31-23-25-32(26-24-31)40-29-41(47-44(46-40)33-15-6-2-7-16-33)38-28-27-37(35-19-10-11-20-36(35)38)39-21-12-22-42-43(39)48-45(49-42)34-17-8-3-9-18-34/h1-29H. The van der Waals surface area contributed by atoms with Crippen molar-refractivity contribution < 1.29 is 4.42 Å². The van der Waals surface area contributed by atoms with Crippen LogP contribution in [0.4, 0.5) is 0 Å². The number of benzene rings is 7. The van der Waals surface area contributed by atoms with Gasteiger partial charge >= 0.3 is 0 Å². The molecule has 2 aromatic heterocycles. The van der Waals surface area contributed by atoms with Crippen molar-refractivity contribution in [2.75, 3.05) is 0 Å². The molecule has 2 heterocycles. The highest BCUT2D eigenvalue weighted by Gasteiger charge is 2.18. The van der Waals surface area contributed by atoms with Crippen molar-refractivity contribution in [2.24, 2.45) is 0 Å². The van der Waals surface area contributed by atoms with Crippen LogP contribution in [0.3, 0.4) is 0 Å². The first-order valence-corrected chi connectivity index (χ1v) is 16.4. The largest absolute Gasteiger partial charge is 0.436 e. The summed E-state index contributed by atoms with van der Waals surface area (Å²) in [6.07, 6.45) is 0. The van der Waals surface area contributed by atoms with E-state index in [4.69, 9.17) is 19.4 Å². The minimum Gasteiger partial charge on any atom is -0.436 e. The third-order valence-corrected chi connectivity index (χ3v) is 8.98. The molecule has 0 aliphatic rings. The first kappa shape index (κ1) is 28.6. The lowest BCUT2D eigenvalue weighted by Crippen LogP contribution is -1.97. The molecule has 230 valence electrons. The second-order valence-electron chi connectivity index (χ2n) is 12.0. The highest BCUT2D eigenvalue weighted by atomic mass is 16.3. The lowest BCUT2D eigenvalue weighted by molar-refractivity contribution is 0.620. The Kier molecular flexibility index (Phi) is 7.10. The van der Waals surface area contributed by atoms with Crippen LogP contribution in [0, 0.1) is 0 Å². The van der Waals surface area contributed by atoms with Crippen molar-refractivity contribution in [2.45, 2.75) is 0 Å². The Morgan fingerprint density at radius 2 is 0.898 bits per heavy atom. The highest BCUT2D eigenvalue weighted by Crippen LogP contribution is 2.40. The van der Waals surface area contributed by atoms with Crippen molar-refractivity contribution in [3.8, 4) is 67.6 Å². The zero-order valence-electron chi connectivity index (χ0n) is 26.5. The molecular formula is C45H29N3O. The van der Waals surface area contributed by atoms with Crippen LogP contribution < -0.4 is 0 Å². The summed E-state index contributed by atoms with van der Waals surface area (Å²) >= 11 is 0. The van der Waals surface area contributed by atoms with E-state index in [1.165, 1.54) is 11.1 Å². The SMILES string of the molecule is c1ccc(-c2ccc(-c3cc(-c4ccc(-c5cccc6oc(-c7ccccc7)nc56)c5ccccc45)nc(-c4ccccc4)n3)cc2)cc1. The van der Waals surface area contributed by atoms with Gasteiger partial charge in [0.15, 0.2) is 11.4 Å². The van der Waals surface area contributed by atoms with Gasteiger partial charge in [0, 0.05) is 27.8 Å². The van der Waals surface area contributed by atoms with Crippen LogP contribution in [0.15, 0.2) is 180 Å². The fourth-order valence-electron chi connectivity index (χ4n) is 6.54. The molecule has 4 nitrogen and oxygen atoms in total. The van der Waals surface area contributed by atoms with Gasteiger partial charge in [0.1, 0.15) is 5.52 Å². The number of rotatable bonds is 6. The van der Waals surface area contributed by atoms with E-state index in [1.807, 2.05) is 66.7 Å². The van der Waals surface area contributed by atoms with E-state index in [0.717, 1.165) is 66.6 Å². The van der Waals surface area contributed by atoms with E-state index in [9.17, 15) is 0 Å². The van der Waals surface area contributed by atoms with E-state index in [0.29, 0.717) is 11.7 Å². The van der Waals surface area contributed by atoms with Crippen molar-refractivity contribution in [3.63, 3.8) is 0 Å². The molecule has 0 radical (unpaired) electrons. The molecule has 0 aliphatic carbocycles. The van der Waals surface area contributed by atoms with Crippen LogP contribution in [-0.4, -0.2) is 15.0 Å². The maximum Gasteiger partial charge on any atom is 0.227 e. The summed E-state index contributed by atoms with van der Waals surface area (Å²) in [4.78, 5) is 15.2. The molecule has 0 bridgehead atoms. The summed E-state index contributed by atoms with van der Waals surface area (Å²) in [5, 5.41) is 2.22. The van der Waals surface area contributed by atoms with E-state index < -0.39 is 0 Å². The summed E-state index contributed by atoms with van der Waals surface area (Å²) in [5.74, 6) is 1.30. The second-order valence-corrected chi connectivity index (χ2v) is 12.0. The topological polar surface area (TPSA) is 51.8 Å². The van der Waals surface area contributed by atoms with Crippen LogP contribution >= 0.6 is 0 Å². The average molecular weight is 628 g/mol. The van der Waals surface area contributed by atoms with Crippen molar-refractivity contribution in [1.82, 2.24) is 15.0 Å². The van der Waals surface area contributed by atoms with Crippen LogP contribution in [0.1, 0.15) is 0 Å². The Bertz CT molecular complexity index is 2580. The zero-order chi connectivity index (χ0) is 32.6. The predicted octanol–water partition coefficient (Wildman–Crippen LogP) is 11.8. The summed E-state index contributed by atoms with van der Waals surface area (Å²) < 4.78 is 6.24. The van der Waals surface area contributed by atoms with Gasteiger partial charge in [-0.25, -0.2) is 15.0 Å². The third-order valence-electron chi connectivity index (χ3n) is 8.98. The van der Waals surface area contributed by atoms with Crippen molar-refractivity contribution in [3.05, 3.63) is 176 Å². The van der Waals surface area contributed by atoms with Gasteiger partial charge in [-0.2, -0.15) is 0 Å². The van der Waals surface area contributed by atoms with Crippen molar-refractivity contribution >= 4 is 21.9 Å². The summed E-state index contributed by atoms with van der Waals surface area (Å²) in [7, 11) is 0. The molecule has 9 aromatic rings. The molecule has 0 atom stereocenters. The molecule has 0 spiro atoms. The number of fused-ring (bicyclic) bond motifs is 2. The number of para-hydroxylation sites is 1. The van der Waals surface area contributed by atoms with Crippen LogP contribution in [-0.2, 0) is 0 Å². The predicted molar refractivity (Wildman–Crippen MR) is 200 cm³/mol. The molecule has 0 amide bonds. The molecular weight excluding hydrogens is 599 g/mol. The lowest BCUT2D eigenvalue weighted by Gasteiger charge is -2.14. The normalized spacial score (nSPS) is 11.3. The monoisotopic (exact) mass is 627 g/mol. The molecule has 0 unspecified atom stereocenters. The van der Waals surface area contributed by atoms with Gasteiger partial charge in [-0.1, -0.05) is 152 Å². The van der Waals surface area contributed by atoms with Crippen LogP contribution in [0.25, 0.3) is 89.5 Å². The van der Waals surface area contributed by atoms with Crippen molar-refractivity contribution in [1.29, 1.82) is 0 Å². The minimum atomic E-state index is 0.614. The molecule has 4 heteroatoms. The fraction of sp³-hybridized carbons (Fsp3) is 0. The second kappa shape index (κ2) is 12.2. The van der Waals surface area contributed by atoms with E-state index >= 15 is 0 Å². The Balaban J connectivity index is 1.19. The van der Waals surface area contributed by atoms with Gasteiger partial charge in [-0.3, -0.25) is 0 Å². The zero-order valence-corrected chi connectivity index (χ0v) is 26.5. The quantitative estimate of drug-likeness (QED) is 0.184. The number of nitrogens with zero attached hydrogens (tertiary/aromatic N) is 3. The molecule has 0 fully saturated rings. The lowest BCUT2D eigenvalue weighted by atomic mass is 9.93. The molecule has 49 heavy (non-hydrogen) atoms. The highest BCUT2D eigenvalue weighted by molar-refractivity contribution is 6.08. The van der Waals surface area contributed by atoms with Gasteiger partial charge in [-0.05, 0) is 51.7 Å². The van der Waals surface area contributed by atoms with E-state index in [2.05, 4.69) is 109 Å². The first-order valence-electron chi connectivity index (χ1n) is 16.4. The summed E-state index contributed by atoms with van der Waals surface area (Å²) in [5.41, 5.74) is 11.8. The molecule has 0 saturated heterocycles. The molecule has 0 saturated carbocycles. The Hall–Kier alpha value is -6.65. The van der Waals surface area contributed by atoms with Crippen LogP contribution in [0.5, 0.6) is 0 Å². The van der Waals surface area contributed by atoms with Gasteiger partial charge in [0.2, 0.25) is 5.89 Å². The number of hydrogen-bond donors (Lipinski definition) is 0. The maximum absolute atomic E-state index is 6.24. The fourth-order valence-corrected chi connectivity index (χ4v) is 6.54. The third kappa shape index (κ3) is 5.35. The summed E-state index contributed by atoms with van der Waals surface area (Å²) in [6, 6.07) is 60.4. The number of oxazole rings is 1. The average Bonchev–Trinajstić information content (AvgIpc) is 3.64. The molecule has 0 aliphatic heterocycles. The van der Waals surface area contributed by atoms with E-state index in [-0.39, 0.29) is 0 Å². The molecule has 0 N–H and O–H groups in total. The Morgan fingerprint density at radius 1 is 0.347 bits per heavy atom. The van der Waals surface area contributed by atoms with Gasteiger partial charge < -0.3 is 4.42 Å². The molecule has 7 aromatic carbocycles. The molecule has 9 rings (SSSR count). The smallest absolute Gasteiger partial charge is 0.227 e. The number of aromatic nitrogens is 3. The minimum absolute atomic E-state index is 0.614. The Morgan fingerprint density at radius 3 is 1.61 bits per heavy atom. The summed E-state index contributed by atoms with van der Waals surface area (Å²) in [6.45, 7) is 0. The van der Waals surface area contributed by atoms with Gasteiger partial charge in [0.25, 0.3) is 0 Å². The number of hydrogen-bond acceptors (Lipinski definition) is 4. The Labute approximate surface area is 284 Å². The maximum atomic E-state index is 6.24. The first-order chi connectivity index (χ1) is 24.3. The van der Waals surface area contributed by atoms with Gasteiger partial charge in [-0.15, -0.1) is 0 Å². The van der Waals surface area contributed by atoms with E-state index in [1.54, 1.807) is 0 Å².